The minimum atomic E-state index is 0.893. The second kappa shape index (κ2) is 4.99. The molecule has 0 aliphatic heterocycles. The number of thiophene rings is 1. The maximum atomic E-state index is 5.12. The average Bonchev–Trinajstić information content (AvgIpc) is 2.73. The molecule has 0 aliphatic rings. The van der Waals surface area contributed by atoms with Crippen molar-refractivity contribution in [1.82, 2.24) is 0 Å². The smallest absolute Gasteiger partial charge is 0.118 e. The van der Waals surface area contributed by atoms with Crippen molar-refractivity contribution >= 4 is 23.5 Å². The van der Waals surface area contributed by atoms with Crippen LogP contribution < -0.4 is 4.74 Å². The van der Waals surface area contributed by atoms with Crippen molar-refractivity contribution < 1.29 is 4.74 Å². The van der Waals surface area contributed by atoms with E-state index in [1.54, 1.807) is 18.4 Å². The highest BCUT2D eigenvalue weighted by atomic mass is 32.1. The summed E-state index contributed by atoms with van der Waals surface area (Å²) in [7, 11) is 1.68. The van der Waals surface area contributed by atoms with Crippen LogP contribution in [0.25, 0.3) is 12.2 Å². The first-order valence-electron chi connectivity index (χ1n) is 5.16. The molecule has 2 aromatic rings. The SMILES string of the molecule is COc1ccc(/C=C\c2sccc2C)cc1. The molecule has 82 valence electrons. The molecule has 1 aromatic heterocycles. The first-order valence-corrected chi connectivity index (χ1v) is 6.04. The Morgan fingerprint density at radius 2 is 1.81 bits per heavy atom. The van der Waals surface area contributed by atoms with Crippen molar-refractivity contribution in [2.45, 2.75) is 6.92 Å². The van der Waals surface area contributed by atoms with Crippen LogP contribution in [0.3, 0.4) is 0 Å². The number of methoxy groups -OCH3 is 1. The zero-order chi connectivity index (χ0) is 11.4. The molecule has 0 saturated heterocycles. The Labute approximate surface area is 100 Å². The van der Waals surface area contributed by atoms with E-state index in [-0.39, 0.29) is 0 Å². The highest BCUT2D eigenvalue weighted by molar-refractivity contribution is 7.11. The van der Waals surface area contributed by atoms with Gasteiger partial charge in [0.1, 0.15) is 5.75 Å². The zero-order valence-corrected chi connectivity index (χ0v) is 10.3. The van der Waals surface area contributed by atoms with Gasteiger partial charge in [-0.05, 0) is 47.7 Å². The van der Waals surface area contributed by atoms with E-state index in [1.807, 2.05) is 12.1 Å². The van der Waals surface area contributed by atoms with Gasteiger partial charge in [-0.25, -0.2) is 0 Å². The van der Waals surface area contributed by atoms with Crippen LogP contribution in [0.5, 0.6) is 5.75 Å². The minimum absolute atomic E-state index is 0.893. The Kier molecular flexibility index (Phi) is 3.42. The predicted molar refractivity (Wildman–Crippen MR) is 71.0 cm³/mol. The van der Waals surface area contributed by atoms with E-state index in [9.17, 15) is 0 Å². The molecule has 0 spiro atoms. The summed E-state index contributed by atoms with van der Waals surface area (Å²) >= 11 is 1.76. The van der Waals surface area contributed by atoms with Crippen LogP contribution in [-0.4, -0.2) is 7.11 Å². The number of ether oxygens (including phenoxy) is 1. The Balaban J connectivity index is 2.14. The van der Waals surface area contributed by atoms with Gasteiger partial charge in [-0.1, -0.05) is 18.2 Å². The monoisotopic (exact) mass is 230 g/mol. The molecule has 0 amide bonds. The Morgan fingerprint density at radius 1 is 1.06 bits per heavy atom. The molecule has 0 unspecified atom stereocenters. The van der Waals surface area contributed by atoms with Gasteiger partial charge in [-0.15, -0.1) is 11.3 Å². The average molecular weight is 230 g/mol. The standard InChI is InChI=1S/C14H14OS/c1-11-9-10-16-14(11)8-5-12-3-6-13(15-2)7-4-12/h3-10H,1-2H3/b8-5-. The fourth-order valence-electron chi connectivity index (χ4n) is 1.44. The highest BCUT2D eigenvalue weighted by Gasteiger charge is 1.94. The summed E-state index contributed by atoms with van der Waals surface area (Å²) in [6.07, 6.45) is 4.28. The van der Waals surface area contributed by atoms with E-state index in [1.165, 1.54) is 16.0 Å². The second-order valence-electron chi connectivity index (χ2n) is 3.57. The molecule has 1 heterocycles. The van der Waals surface area contributed by atoms with Gasteiger partial charge in [0.25, 0.3) is 0 Å². The summed E-state index contributed by atoms with van der Waals surface area (Å²) in [5, 5.41) is 2.11. The summed E-state index contributed by atoms with van der Waals surface area (Å²) in [4.78, 5) is 1.32. The largest absolute Gasteiger partial charge is 0.497 e. The lowest BCUT2D eigenvalue weighted by Gasteiger charge is -1.98. The molecule has 2 rings (SSSR count). The second-order valence-corrected chi connectivity index (χ2v) is 4.52. The number of benzene rings is 1. The van der Waals surface area contributed by atoms with E-state index in [0.29, 0.717) is 0 Å². The van der Waals surface area contributed by atoms with E-state index >= 15 is 0 Å². The maximum Gasteiger partial charge on any atom is 0.118 e. The van der Waals surface area contributed by atoms with Crippen LogP contribution in [0.1, 0.15) is 16.0 Å². The molecule has 0 aliphatic carbocycles. The Hall–Kier alpha value is -1.54. The van der Waals surface area contributed by atoms with Crippen molar-refractivity contribution in [1.29, 1.82) is 0 Å². The first kappa shape index (κ1) is 11.0. The van der Waals surface area contributed by atoms with Crippen LogP contribution >= 0.6 is 11.3 Å². The first-order chi connectivity index (χ1) is 7.79. The van der Waals surface area contributed by atoms with Gasteiger partial charge in [-0.2, -0.15) is 0 Å². The molecule has 1 nitrogen and oxygen atoms in total. The number of hydrogen-bond acceptors (Lipinski definition) is 2. The van der Waals surface area contributed by atoms with Crippen LogP contribution in [0.15, 0.2) is 35.7 Å². The topological polar surface area (TPSA) is 9.23 Å². The predicted octanol–water partition coefficient (Wildman–Crippen LogP) is 4.24. The molecule has 2 heteroatoms. The summed E-state index contributed by atoms with van der Waals surface area (Å²) < 4.78 is 5.12. The molecule has 0 radical (unpaired) electrons. The zero-order valence-electron chi connectivity index (χ0n) is 9.44. The lowest BCUT2D eigenvalue weighted by molar-refractivity contribution is 0.415. The molecule has 1 aromatic carbocycles. The van der Waals surface area contributed by atoms with Crippen LogP contribution in [0, 0.1) is 6.92 Å². The number of aryl methyl sites for hydroxylation is 1. The van der Waals surface area contributed by atoms with Crippen LogP contribution in [-0.2, 0) is 0 Å². The highest BCUT2D eigenvalue weighted by Crippen LogP contribution is 2.19. The molecule has 0 N–H and O–H groups in total. The van der Waals surface area contributed by atoms with E-state index in [0.717, 1.165) is 5.75 Å². The van der Waals surface area contributed by atoms with E-state index in [2.05, 4.69) is 42.7 Å². The van der Waals surface area contributed by atoms with E-state index in [4.69, 9.17) is 4.74 Å². The van der Waals surface area contributed by atoms with Crippen molar-refractivity contribution in [2.75, 3.05) is 7.11 Å². The van der Waals surface area contributed by atoms with Crippen LogP contribution in [0.2, 0.25) is 0 Å². The molecule has 0 atom stereocenters. The number of rotatable bonds is 3. The minimum Gasteiger partial charge on any atom is -0.497 e. The fourth-order valence-corrected chi connectivity index (χ4v) is 2.26. The Bertz CT molecular complexity index is 480. The fraction of sp³-hybridized carbons (Fsp3) is 0.143. The molecule has 0 fully saturated rings. The molecule has 16 heavy (non-hydrogen) atoms. The summed E-state index contributed by atoms with van der Waals surface area (Å²) in [6.45, 7) is 2.13. The van der Waals surface area contributed by atoms with Gasteiger partial charge < -0.3 is 4.74 Å². The summed E-state index contributed by atoms with van der Waals surface area (Å²) in [6, 6.07) is 10.2. The lowest BCUT2D eigenvalue weighted by atomic mass is 10.2. The van der Waals surface area contributed by atoms with Gasteiger partial charge in [-0.3, -0.25) is 0 Å². The third-order valence-corrected chi connectivity index (χ3v) is 3.43. The quantitative estimate of drug-likeness (QED) is 0.766. The Morgan fingerprint density at radius 3 is 2.38 bits per heavy atom. The van der Waals surface area contributed by atoms with Crippen molar-refractivity contribution in [3.05, 3.63) is 51.7 Å². The molecular weight excluding hydrogens is 216 g/mol. The third-order valence-electron chi connectivity index (χ3n) is 2.44. The van der Waals surface area contributed by atoms with E-state index < -0.39 is 0 Å². The summed E-state index contributed by atoms with van der Waals surface area (Å²) in [5.41, 5.74) is 2.52. The summed E-state index contributed by atoms with van der Waals surface area (Å²) in [5.74, 6) is 0.893. The number of hydrogen-bond donors (Lipinski definition) is 0. The van der Waals surface area contributed by atoms with Gasteiger partial charge >= 0.3 is 0 Å². The lowest BCUT2D eigenvalue weighted by Crippen LogP contribution is -1.81. The third kappa shape index (κ3) is 2.52. The van der Waals surface area contributed by atoms with Crippen molar-refractivity contribution in [3.8, 4) is 5.75 Å². The van der Waals surface area contributed by atoms with Gasteiger partial charge in [0.05, 0.1) is 7.11 Å². The normalized spacial score (nSPS) is 10.9. The van der Waals surface area contributed by atoms with Gasteiger partial charge in [0.15, 0.2) is 0 Å². The molecule has 0 bridgehead atoms. The van der Waals surface area contributed by atoms with Gasteiger partial charge in [0, 0.05) is 4.88 Å². The molecular formula is C14H14OS. The van der Waals surface area contributed by atoms with Gasteiger partial charge in [0.2, 0.25) is 0 Å². The van der Waals surface area contributed by atoms with Crippen LogP contribution in [0.4, 0.5) is 0 Å². The molecule has 0 saturated carbocycles. The van der Waals surface area contributed by atoms with Crippen molar-refractivity contribution in [2.24, 2.45) is 0 Å². The van der Waals surface area contributed by atoms with Crippen molar-refractivity contribution in [3.63, 3.8) is 0 Å². The maximum absolute atomic E-state index is 5.12.